The summed E-state index contributed by atoms with van der Waals surface area (Å²) in [5, 5.41) is 3.39. The first-order chi connectivity index (χ1) is 7.42. The Morgan fingerprint density at radius 3 is 2.13 bits per heavy atom. The van der Waals surface area contributed by atoms with E-state index in [1.807, 2.05) is 24.3 Å². The number of furan rings is 2. The Hall–Kier alpha value is -1.48. The quantitative estimate of drug-likeness (QED) is 0.815. The lowest BCUT2D eigenvalue weighted by atomic mass is 10.1. The SMILES string of the molecule is CCCNC(c1ccco1)c1ccco1. The molecule has 80 valence electrons. The van der Waals surface area contributed by atoms with Crippen molar-refractivity contribution in [2.75, 3.05) is 6.54 Å². The van der Waals surface area contributed by atoms with Crippen molar-refractivity contribution in [3.63, 3.8) is 0 Å². The van der Waals surface area contributed by atoms with Crippen molar-refractivity contribution in [2.24, 2.45) is 0 Å². The molecular weight excluding hydrogens is 190 g/mol. The first-order valence-electron chi connectivity index (χ1n) is 5.22. The Morgan fingerprint density at radius 1 is 1.13 bits per heavy atom. The van der Waals surface area contributed by atoms with Crippen molar-refractivity contribution in [3.05, 3.63) is 48.3 Å². The van der Waals surface area contributed by atoms with Gasteiger partial charge in [0.2, 0.25) is 0 Å². The summed E-state index contributed by atoms with van der Waals surface area (Å²) in [4.78, 5) is 0. The number of rotatable bonds is 5. The summed E-state index contributed by atoms with van der Waals surface area (Å²) >= 11 is 0. The van der Waals surface area contributed by atoms with E-state index in [0.717, 1.165) is 24.5 Å². The zero-order chi connectivity index (χ0) is 10.5. The summed E-state index contributed by atoms with van der Waals surface area (Å²) in [6, 6.07) is 7.71. The van der Waals surface area contributed by atoms with Crippen LogP contribution in [0.4, 0.5) is 0 Å². The molecule has 0 aromatic carbocycles. The molecule has 15 heavy (non-hydrogen) atoms. The summed E-state index contributed by atoms with van der Waals surface area (Å²) < 4.78 is 10.8. The van der Waals surface area contributed by atoms with Gasteiger partial charge in [0.15, 0.2) is 0 Å². The van der Waals surface area contributed by atoms with Gasteiger partial charge in [0.1, 0.15) is 17.6 Å². The lowest BCUT2D eigenvalue weighted by molar-refractivity contribution is 0.389. The molecule has 1 N–H and O–H groups in total. The molecule has 2 rings (SSSR count). The molecule has 3 heteroatoms. The van der Waals surface area contributed by atoms with Crippen molar-refractivity contribution in [2.45, 2.75) is 19.4 Å². The number of hydrogen-bond acceptors (Lipinski definition) is 3. The molecule has 0 radical (unpaired) electrons. The number of hydrogen-bond donors (Lipinski definition) is 1. The minimum Gasteiger partial charge on any atom is -0.467 e. The van der Waals surface area contributed by atoms with Gasteiger partial charge in [-0.05, 0) is 37.2 Å². The lowest BCUT2D eigenvalue weighted by Crippen LogP contribution is -2.22. The average Bonchev–Trinajstić information content (AvgIpc) is 2.90. The maximum absolute atomic E-state index is 5.39. The van der Waals surface area contributed by atoms with Gasteiger partial charge in [0, 0.05) is 0 Å². The van der Waals surface area contributed by atoms with Crippen LogP contribution in [-0.2, 0) is 0 Å². The normalized spacial score (nSPS) is 11.1. The topological polar surface area (TPSA) is 38.3 Å². The lowest BCUT2D eigenvalue weighted by Gasteiger charge is -2.13. The van der Waals surface area contributed by atoms with E-state index in [9.17, 15) is 0 Å². The zero-order valence-electron chi connectivity index (χ0n) is 8.77. The Morgan fingerprint density at radius 2 is 1.73 bits per heavy atom. The van der Waals surface area contributed by atoms with E-state index in [1.165, 1.54) is 0 Å². The van der Waals surface area contributed by atoms with Gasteiger partial charge in [-0.3, -0.25) is 0 Å². The molecule has 2 heterocycles. The molecule has 0 unspecified atom stereocenters. The molecule has 0 atom stereocenters. The Balaban J connectivity index is 2.17. The Labute approximate surface area is 89.1 Å². The monoisotopic (exact) mass is 205 g/mol. The molecule has 2 aromatic heterocycles. The standard InChI is InChI=1S/C12H15NO2/c1-2-7-13-12(10-5-3-8-14-10)11-6-4-9-15-11/h3-6,8-9,12-13H,2,7H2,1H3. The van der Waals surface area contributed by atoms with Crippen LogP contribution >= 0.6 is 0 Å². The van der Waals surface area contributed by atoms with Crippen LogP contribution in [0, 0.1) is 0 Å². The molecule has 2 aromatic rings. The predicted octanol–water partition coefficient (Wildman–Crippen LogP) is 2.96. The molecule has 0 spiro atoms. The highest BCUT2D eigenvalue weighted by molar-refractivity contribution is 5.17. The molecule has 3 nitrogen and oxygen atoms in total. The molecule has 0 aliphatic carbocycles. The minimum absolute atomic E-state index is 0.0231. The fraction of sp³-hybridized carbons (Fsp3) is 0.333. The van der Waals surface area contributed by atoms with E-state index in [0.29, 0.717) is 0 Å². The van der Waals surface area contributed by atoms with Crippen LogP contribution in [0.2, 0.25) is 0 Å². The van der Waals surface area contributed by atoms with Crippen molar-refractivity contribution in [1.29, 1.82) is 0 Å². The van der Waals surface area contributed by atoms with Gasteiger partial charge >= 0.3 is 0 Å². The summed E-state index contributed by atoms with van der Waals surface area (Å²) in [7, 11) is 0. The largest absolute Gasteiger partial charge is 0.467 e. The van der Waals surface area contributed by atoms with Gasteiger partial charge in [0.25, 0.3) is 0 Å². The van der Waals surface area contributed by atoms with Gasteiger partial charge in [-0.15, -0.1) is 0 Å². The molecule has 0 aliphatic rings. The summed E-state index contributed by atoms with van der Waals surface area (Å²) in [6.45, 7) is 3.07. The van der Waals surface area contributed by atoms with E-state index in [-0.39, 0.29) is 6.04 Å². The highest BCUT2D eigenvalue weighted by atomic mass is 16.3. The van der Waals surface area contributed by atoms with E-state index in [1.54, 1.807) is 12.5 Å². The van der Waals surface area contributed by atoms with Crippen molar-refractivity contribution >= 4 is 0 Å². The molecule has 0 fully saturated rings. The predicted molar refractivity (Wildman–Crippen MR) is 57.6 cm³/mol. The average molecular weight is 205 g/mol. The van der Waals surface area contributed by atoms with Crippen LogP contribution in [0.5, 0.6) is 0 Å². The van der Waals surface area contributed by atoms with Crippen LogP contribution in [0.25, 0.3) is 0 Å². The van der Waals surface area contributed by atoms with Crippen molar-refractivity contribution in [1.82, 2.24) is 5.32 Å². The molecule has 0 amide bonds. The highest BCUT2D eigenvalue weighted by Crippen LogP contribution is 2.22. The second-order valence-corrected chi connectivity index (χ2v) is 3.42. The third-order valence-electron chi connectivity index (χ3n) is 2.25. The van der Waals surface area contributed by atoms with Crippen LogP contribution in [0.3, 0.4) is 0 Å². The van der Waals surface area contributed by atoms with Crippen LogP contribution < -0.4 is 5.32 Å². The molecular formula is C12H15NO2. The summed E-state index contributed by atoms with van der Waals surface area (Å²) in [5.74, 6) is 1.77. The van der Waals surface area contributed by atoms with E-state index in [2.05, 4.69) is 12.2 Å². The summed E-state index contributed by atoms with van der Waals surface area (Å²) in [6.07, 6.45) is 4.44. The number of nitrogens with one attached hydrogen (secondary N) is 1. The van der Waals surface area contributed by atoms with Gasteiger partial charge in [0.05, 0.1) is 12.5 Å². The first-order valence-corrected chi connectivity index (χ1v) is 5.22. The highest BCUT2D eigenvalue weighted by Gasteiger charge is 2.18. The molecule has 0 aliphatic heterocycles. The Bertz CT molecular complexity index is 330. The zero-order valence-corrected chi connectivity index (χ0v) is 8.77. The smallest absolute Gasteiger partial charge is 0.128 e. The fourth-order valence-corrected chi connectivity index (χ4v) is 1.54. The third-order valence-corrected chi connectivity index (χ3v) is 2.25. The van der Waals surface area contributed by atoms with E-state index in [4.69, 9.17) is 8.83 Å². The second kappa shape index (κ2) is 4.84. The third kappa shape index (κ3) is 2.30. The Kier molecular flexibility index (Phi) is 3.25. The molecule has 0 bridgehead atoms. The second-order valence-electron chi connectivity index (χ2n) is 3.42. The maximum atomic E-state index is 5.39. The van der Waals surface area contributed by atoms with E-state index >= 15 is 0 Å². The van der Waals surface area contributed by atoms with Gasteiger partial charge in [-0.2, -0.15) is 0 Å². The van der Waals surface area contributed by atoms with Crippen LogP contribution in [-0.4, -0.2) is 6.54 Å². The van der Waals surface area contributed by atoms with Gasteiger partial charge in [-0.25, -0.2) is 0 Å². The van der Waals surface area contributed by atoms with Crippen LogP contribution in [0.1, 0.15) is 30.9 Å². The van der Waals surface area contributed by atoms with Gasteiger partial charge < -0.3 is 14.2 Å². The molecule has 0 saturated heterocycles. The maximum Gasteiger partial charge on any atom is 0.128 e. The van der Waals surface area contributed by atoms with Gasteiger partial charge in [-0.1, -0.05) is 6.92 Å². The van der Waals surface area contributed by atoms with Crippen molar-refractivity contribution < 1.29 is 8.83 Å². The van der Waals surface area contributed by atoms with Crippen molar-refractivity contribution in [3.8, 4) is 0 Å². The first kappa shape index (κ1) is 10.1. The molecule has 0 saturated carbocycles. The van der Waals surface area contributed by atoms with E-state index < -0.39 is 0 Å². The fourth-order valence-electron chi connectivity index (χ4n) is 1.54. The minimum atomic E-state index is 0.0231. The van der Waals surface area contributed by atoms with Crippen LogP contribution in [0.15, 0.2) is 45.6 Å². The summed E-state index contributed by atoms with van der Waals surface area (Å²) in [5.41, 5.74) is 0.